The van der Waals surface area contributed by atoms with E-state index in [2.05, 4.69) is 9.97 Å². The van der Waals surface area contributed by atoms with Crippen LogP contribution in [-0.4, -0.2) is 48.4 Å². The fourth-order valence-corrected chi connectivity index (χ4v) is 2.03. The van der Waals surface area contributed by atoms with E-state index in [-0.39, 0.29) is 5.69 Å². The molecular weight excluding hydrogens is 306 g/mol. The summed E-state index contributed by atoms with van der Waals surface area (Å²) in [6.07, 6.45) is 1.25. The van der Waals surface area contributed by atoms with Crippen LogP contribution in [0.4, 0.5) is 5.82 Å². The molecular formula is C15H16ClN3O3. The summed E-state index contributed by atoms with van der Waals surface area (Å²) in [7, 11) is 3.47. The summed E-state index contributed by atoms with van der Waals surface area (Å²) in [5, 5.41) is 9.71. The minimum absolute atomic E-state index is 0.103. The highest BCUT2D eigenvalue weighted by Crippen LogP contribution is 2.27. The van der Waals surface area contributed by atoms with E-state index in [1.165, 1.54) is 6.20 Å². The van der Waals surface area contributed by atoms with Crippen molar-refractivity contribution in [3.05, 3.63) is 41.2 Å². The van der Waals surface area contributed by atoms with Gasteiger partial charge in [-0.3, -0.25) is 0 Å². The molecule has 1 N–H and O–H groups in total. The van der Waals surface area contributed by atoms with Gasteiger partial charge < -0.3 is 14.7 Å². The molecule has 7 heteroatoms. The van der Waals surface area contributed by atoms with Gasteiger partial charge in [0.25, 0.3) is 0 Å². The highest BCUT2D eigenvalue weighted by Gasteiger charge is 2.16. The van der Waals surface area contributed by atoms with Crippen LogP contribution in [0.1, 0.15) is 10.5 Å². The first kappa shape index (κ1) is 16.2. The van der Waals surface area contributed by atoms with Crippen LogP contribution < -0.4 is 4.90 Å². The summed E-state index contributed by atoms with van der Waals surface area (Å²) < 4.78 is 5.06. The number of carbonyl (C=O) groups is 1. The summed E-state index contributed by atoms with van der Waals surface area (Å²) in [5.41, 5.74) is 1.14. The first-order valence-corrected chi connectivity index (χ1v) is 6.97. The van der Waals surface area contributed by atoms with Gasteiger partial charge in [0.15, 0.2) is 11.5 Å². The van der Waals surface area contributed by atoms with E-state index < -0.39 is 5.97 Å². The molecule has 0 saturated heterocycles. The molecule has 1 heterocycles. The van der Waals surface area contributed by atoms with Gasteiger partial charge in [-0.15, -0.1) is 0 Å². The number of hydrogen-bond donors (Lipinski definition) is 1. The third-order valence-electron chi connectivity index (χ3n) is 3.08. The second-order valence-electron chi connectivity index (χ2n) is 4.65. The number of benzene rings is 1. The first-order valence-electron chi connectivity index (χ1n) is 6.59. The van der Waals surface area contributed by atoms with Crippen molar-refractivity contribution in [2.45, 2.75) is 0 Å². The van der Waals surface area contributed by atoms with Gasteiger partial charge in [-0.05, 0) is 12.1 Å². The van der Waals surface area contributed by atoms with Crippen molar-refractivity contribution in [2.75, 3.05) is 32.2 Å². The molecule has 0 aliphatic rings. The Balaban J connectivity index is 2.48. The number of aromatic carboxylic acids is 1. The van der Waals surface area contributed by atoms with Crippen molar-refractivity contribution in [1.82, 2.24) is 9.97 Å². The maximum atomic E-state index is 11.1. The largest absolute Gasteiger partial charge is 0.476 e. The van der Waals surface area contributed by atoms with Crippen LogP contribution in [-0.2, 0) is 4.74 Å². The smallest absolute Gasteiger partial charge is 0.356 e. The van der Waals surface area contributed by atoms with Crippen LogP contribution in [0.3, 0.4) is 0 Å². The molecule has 0 aliphatic carbocycles. The van der Waals surface area contributed by atoms with Gasteiger partial charge in [0, 0.05) is 31.3 Å². The number of hydrogen-bond acceptors (Lipinski definition) is 5. The molecule has 2 rings (SSSR count). The van der Waals surface area contributed by atoms with Crippen LogP contribution in [0.15, 0.2) is 30.5 Å². The van der Waals surface area contributed by atoms with E-state index in [1.807, 2.05) is 11.9 Å². The van der Waals surface area contributed by atoms with Gasteiger partial charge in [-0.1, -0.05) is 23.7 Å². The molecule has 0 fully saturated rings. The molecule has 1 aromatic heterocycles. The van der Waals surface area contributed by atoms with E-state index in [9.17, 15) is 4.79 Å². The van der Waals surface area contributed by atoms with Crippen molar-refractivity contribution < 1.29 is 14.6 Å². The number of rotatable bonds is 6. The molecule has 116 valence electrons. The van der Waals surface area contributed by atoms with Crippen molar-refractivity contribution in [1.29, 1.82) is 0 Å². The molecule has 1 aromatic carbocycles. The summed E-state index contributed by atoms with van der Waals surface area (Å²) in [4.78, 5) is 21.5. The zero-order chi connectivity index (χ0) is 16.1. The minimum Gasteiger partial charge on any atom is -0.476 e. The Bertz CT molecular complexity index is 662. The lowest BCUT2D eigenvalue weighted by molar-refractivity contribution is 0.0690. The molecule has 0 saturated carbocycles. The van der Waals surface area contributed by atoms with Crippen molar-refractivity contribution in [2.24, 2.45) is 0 Å². The maximum absolute atomic E-state index is 11.1. The molecule has 0 radical (unpaired) electrons. The number of anilines is 1. The lowest BCUT2D eigenvalue weighted by Gasteiger charge is -2.20. The van der Waals surface area contributed by atoms with E-state index in [0.29, 0.717) is 29.7 Å². The first-order chi connectivity index (χ1) is 10.5. The fourth-order valence-electron chi connectivity index (χ4n) is 1.90. The van der Waals surface area contributed by atoms with Gasteiger partial charge in [-0.2, -0.15) is 0 Å². The number of likely N-dealkylation sites (N-methyl/N-ethyl adjacent to an activating group) is 1. The lowest BCUT2D eigenvalue weighted by Crippen LogP contribution is -2.24. The number of ether oxygens (including phenoxy) is 1. The lowest BCUT2D eigenvalue weighted by atomic mass is 10.1. The molecule has 0 spiro atoms. The van der Waals surface area contributed by atoms with Gasteiger partial charge in [0.2, 0.25) is 0 Å². The Hall–Kier alpha value is -2.18. The molecule has 6 nitrogen and oxygen atoms in total. The zero-order valence-corrected chi connectivity index (χ0v) is 13.0. The van der Waals surface area contributed by atoms with Crippen LogP contribution in [0, 0.1) is 0 Å². The maximum Gasteiger partial charge on any atom is 0.356 e. The Kier molecular flexibility index (Phi) is 5.30. The summed E-state index contributed by atoms with van der Waals surface area (Å²) in [6, 6.07) is 7.02. The summed E-state index contributed by atoms with van der Waals surface area (Å²) >= 11 is 5.89. The van der Waals surface area contributed by atoms with E-state index in [4.69, 9.17) is 21.4 Å². The minimum atomic E-state index is -1.12. The number of carboxylic acids is 1. The van der Waals surface area contributed by atoms with Crippen LogP contribution in [0.25, 0.3) is 11.3 Å². The van der Waals surface area contributed by atoms with Gasteiger partial charge in [0.05, 0.1) is 12.8 Å². The van der Waals surface area contributed by atoms with Crippen LogP contribution in [0.2, 0.25) is 5.02 Å². The fraction of sp³-hybridized carbons (Fsp3) is 0.267. The molecule has 0 amide bonds. The van der Waals surface area contributed by atoms with Crippen LogP contribution in [0.5, 0.6) is 0 Å². The van der Waals surface area contributed by atoms with Crippen LogP contribution >= 0.6 is 11.6 Å². The van der Waals surface area contributed by atoms with E-state index >= 15 is 0 Å². The predicted molar refractivity (Wildman–Crippen MR) is 84.6 cm³/mol. The Labute approximate surface area is 133 Å². The van der Waals surface area contributed by atoms with Gasteiger partial charge in [-0.25, -0.2) is 14.8 Å². The summed E-state index contributed by atoms with van der Waals surface area (Å²) in [5.74, 6) is -0.529. The zero-order valence-electron chi connectivity index (χ0n) is 12.3. The Morgan fingerprint density at radius 1 is 1.36 bits per heavy atom. The van der Waals surface area contributed by atoms with Gasteiger partial charge >= 0.3 is 5.97 Å². The van der Waals surface area contributed by atoms with Crippen molar-refractivity contribution in [3.63, 3.8) is 0 Å². The quantitative estimate of drug-likeness (QED) is 0.881. The van der Waals surface area contributed by atoms with E-state index in [1.54, 1.807) is 31.4 Å². The average Bonchev–Trinajstić information content (AvgIpc) is 2.52. The Morgan fingerprint density at radius 2 is 2.05 bits per heavy atom. The number of halogens is 1. The number of aromatic nitrogens is 2. The normalized spacial score (nSPS) is 10.5. The third kappa shape index (κ3) is 3.72. The van der Waals surface area contributed by atoms with Gasteiger partial charge in [0.1, 0.15) is 5.69 Å². The molecule has 2 aromatic rings. The highest BCUT2D eigenvalue weighted by atomic mass is 35.5. The summed E-state index contributed by atoms with van der Waals surface area (Å²) in [6.45, 7) is 1.14. The molecule has 0 atom stereocenters. The SMILES string of the molecule is COCCN(C)c1ncc(C(=O)O)nc1-c1ccc(Cl)cc1. The molecule has 0 unspecified atom stereocenters. The predicted octanol–water partition coefficient (Wildman–Crippen LogP) is 2.58. The second-order valence-corrected chi connectivity index (χ2v) is 5.09. The van der Waals surface area contributed by atoms with E-state index in [0.717, 1.165) is 5.56 Å². The van der Waals surface area contributed by atoms with Crippen molar-refractivity contribution >= 4 is 23.4 Å². The average molecular weight is 322 g/mol. The monoisotopic (exact) mass is 321 g/mol. The second kappa shape index (κ2) is 7.20. The molecule has 0 aliphatic heterocycles. The number of carboxylic acid groups (broad SMARTS) is 1. The Morgan fingerprint density at radius 3 is 2.64 bits per heavy atom. The highest BCUT2D eigenvalue weighted by molar-refractivity contribution is 6.30. The standard InChI is InChI=1S/C15H16ClN3O3/c1-19(7-8-22-2)14-13(10-3-5-11(16)6-4-10)18-12(9-17-14)15(20)21/h3-6,9H,7-8H2,1-2H3,(H,20,21). The molecule has 22 heavy (non-hydrogen) atoms. The number of methoxy groups -OCH3 is 1. The number of nitrogens with zero attached hydrogens (tertiary/aromatic N) is 3. The third-order valence-corrected chi connectivity index (χ3v) is 3.33. The molecule has 0 bridgehead atoms. The topological polar surface area (TPSA) is 75.5 Å². The van der Waals surface area contributed by atoms with Crippen molar-refractivity contribution in [3.8, 4) is 11.3 Å².